The summed E-state index contributed by atoms with van der Waals surface area (Å²) in [6.45, 7) is 4.68. The first-order valence-corrected chi connectivity index (χ1v) is 8.74. The van der Waals surface area contributed by atoms with Crippen LogP contribution in [-0.2, 0) is 29.0 Å². The van der Waals surface area contributed by atoms with E-state index >= 15 is 0 Å². The molecule has 2 amide bonds. The summed E-state index contributed by atoms with van der Waals surface area (Å²) in [4.78, 5) is 23.5. The fourth-order valence-corrected chi connectivity index (χ4v) is 2.76. The van der Waals surface area contributed by atoms with Gasteiger partial charge in [-0.2, -0.15) is 5.10 Å². The Labute approximate surface area is 164 Å². The van der Waals surface area contributed by atoms with Crippen LogP contribution in [0.5, 0.6) is 0 Å². The molecule has 2 aromatic rings. The third-order valence-electron chi connectivity index (χ3n) is 4.02. The van der Waals surface area contributed by atoms with E-state index in [1.165, 1.54) is 0 Å². The topological polar surface area (TPSA) is 97.3 Å². The lowest BCUT2D eigenvalue weighted by atomic mass is 10.2. The van der Waals surface area contributed by atoms with Crippen molar-refractivity contribution in [3.05, 3.63) is 41.7 Å². The van der Waals surface area contributed by atoms with Crippen LogP contribution in [0.1, 0.15) is 24.7 Å². The molecule has 1 aromatic heterocycles. The molecule has 0 bridgehead atoms. The summed E-state index contributed by atoms with van der Waals surface area (Å²) in [6.07, 6.45) is 0.475. The Morgan fingerprint density at radius 3 is 2.59 bits per heavy atom. The first-order chi connectivity index (χ1) is 12.6. The number of anilines is 2. The Hall–Kier alpha value is -2.58. The molecule has 1 aliphatic heterocycles. The highest BCUT2D eigenvalue weighted by Gasteiger charge is 2.12. The van der Waals surface area contributed by atoms with Gasteiger partial charge in [-0.3, -0.25) is 14.8 Å². The second kappa shape index (κ2) is 9.94. The highest BCUT2D eigenvalue weighted by atomic mass is 35.5. The van der Waals surface area contributed by atoms with Gasteiger partial charge in [0.25, 0.3) is 0 Å². The number of benzene rings is 1. The Balaban J connectivity index is 0.00000261. The van der Waals surface area contributed by atoms with E-state index in [9.17, 15) is 9.59 Å². The summed E-state index contributed by atoms with van der Waals surface area (Å²) in [7, 11) is 0. The molecule has 1 aliphatic rings. The summed E-state index contributed by atoms with van der Waals surface area (Å²) in [5.74, 6) is -0.0693. The van der Waals surface area contributed by atoms with Crippen LogP contribution in [0, 0.1) is 0 Å². The van der Waals surface area contributed by atoms with Gasteiger partial charge in [-0.1, -0.05) is 0 Å². The number of carbonyl (C=O) groups excluding carboxylic acids is 2. The van der Waals surface area contributed by atoms with Crippen LogP contribution < -0.4 is 16.0 Å². The number of hydrogen-bond acceptors (Lipinski definition) is 5. The van der Waals surface area contributed by atoms with E-state index in [1.54, 1.807) is 31.2 Å². The number of ether oxygens (including phenoxy) is 1. The SMILES string of the molecule is CCOC(=O)Nc1ccc(NC(=O)CCc2cc3n(n2)CCNC3)cc1.Cl. The second-order valence-corrected chi connectivity index (χ2v) is 6.00. The molecule has 3 rings (SSSR count). The van der Waals surface area contributed by atoms with Gasteiger partial charge in [-0.25, -0.2) is 4.79 Å². The lowest BCUT2D eigenvalue weighted by molar-refractivity contribution is -0.116. The highest BCUT2D eigenvalue weighted by molar-refractivity contribution is 5.91. The van der Waals surface area contributed by atoms with E-state index in [0.717, 1.165) is 31.0 Å². The maximum absolute atomic E-state index is 12.1. The molecule has 9 heteroatoms. The fraction of sp³-hybridized carbons (Fsp3) is 0.389. The number of aromatic nitrogens is 2. The van der Waals surface area contributed by atoms with Crippen molar-refractivity contribution < 1.29 is 14.3 Å². The molecule has 0 aliphatic carbocycles. The summed E-state index contributed by atoms with van der Waals surface area (Å²) >= 11 is 0. The van der Waals surface area contributed by atoms with Gasteiger partial charge in [0.2, 0.25) is 5.91 Å². The number of nitrogens with zero attached hydrogens (tertiary/aromatic N) is 2. The maximum atomic E-state index is 12.1. The van der Waals surface area contributed by atoms with E-state index in [-0.39, 0.29) is 18.3 Å². The standard InChI is InChI=1S/C18H23N5O3.ClH/c1-2-26-18(25)21-14-5-3-13(4-6-14)20-17(24)8-7-15-11-16-12-19-9-10-23(16)22-15;/h3-6,11,19H,2,7-10,12H2,1H3,(H,20,24)(H,21,25);1H. The number of nitrogens with one attached hydrogen (secondary N) is 3. The van der Waals surface area contributed by atoms with E-state index in [0.29, 0.717) is 30.8 Å². The van der Waals surface area contributed by atoms with E-state index < -0.39 is 6.09 Å². The molecule has 2 heterocycles. The average molecular weight is 394 g/mol. The van der Waals surface area contributed by atoms with E-state index in [2.05, 4.69) is 27.1 Å². The molecule has 0 saturated carbocycles. The van der Waals surface area contributed by atoms with Crippen LogP contribution in [0.15, 0.2) is 30.3 Å². The molecule has 8 nitrogen and oxygen atoms in total. The minimum atomic E-state index is -0.498. The van der Waals surface area contributed by atoms with Crippen LogP contribution in [0.25, 0.3) is 0 Å². The molecule has 0 saturated heterocycles. The lowest BCUT2D eigenvalue weighted by Crippen LogP contribution is -2.28. The van der Waals surface area contributed by atoms with Gasteiger partial charge in [0, 0.05) is 37.3 Å². The smallest absolute Gasteiger partial charge is 0.411 e. The van der Waals surface area contributed by atoms with Crippen molar-refractivity contribution in [2.24, 2.45) is 0 Å². The molecule has 3 N–H and O–H groups in total. The van der Waals surface area contributed by atoms with Crippen molar-refractivity contribution >= 4 is 35.8 Å². The Bertz CT molecular complexity index is 752. The van der Waals surface area contributed by atoms with Crippen LogP contribution in [-0.4, -0.2) is 34.9 Å². The zero-order valence-electron chi connectivity index (χ0n) is 15.2. The van der Waals surface area contributed by atoms with Gasteiger partial charge in [-0.15, -0.1) is 12.4 Å². The fourth-order valence-electron chi connectivity index (χ4n) is 2.76. The Morgan fingerprint density at radius 1 is 1.22 bits per heavy atom. The molecule has 0 fully saturated rings. The normalized spacial score (nSPS) is 12.5. The number of hydrogen-bond donors (Lipinski definition) is 3. The van der Waals surface area contributed by atoms with Gasteiger partial charge in [-0.05, 0) is 37.3 Å². The predicted molar refractivity (Wildman–Crippen MR) is 105 cm³/mol. The van der Waals surface area contributed by atoms with Crippen molar-refractivity contribution in [3.63, 3.8) is 0 Å². The first-order valence-electron chi connectivity index (χ1n) is 8.74. The van der Waals surface area contributed by atoms with Gasteiger partial charge in [0.15, 0.2) is 0 Å². The van der Waals surface area contributed by atoms with Crippen molar-refractivity contribution in [2.75, 3.05) is 23.8 Å². The van der Waals surface area contributed by atoms with Crippen LogP contribution >= 0.6 is 12.4 Å². The predicted octanol–water partition coefficient (Wildman–Crippen LogP) is 2.55. The van der Waals surface area contributed by atoms with Crippen LogP contribution in [0.3, 0.4) is 0 Å². The molecular weight excluding hydrogens is 370 g/mol. The highest BCUT2D eigenvalue weighted by Crippen LogP contribution is 2.15. The third-order valence-corrected chi connectivity index (χ3v) is 4.02. The number of carbonyl (C=O) groups is 2. The summed E-state index contributed by atoms with van der Waals surface area (Å²) in [5.41, 5.74) is 3.39. The van der Waals surface area contributed by atoms with Crippen molar-refractivity contribution in [2.45, 2.75) is 32.9 Å². The van der Waals surface area contributed by atoms with Gasteiger partial charge in [0.05, 0.1) is 24.5 Å². The lowest BCUT2D eigenvalue weighted by Gasteiger charge is -2.13. The van der Waals surface area contributed by atoms with Gasteiger partial charge < -0.3 is 15.4 Å². The van der Waals surface area contributed by atoms with Crippen LogP contribution in [0.2, 0.25) is 0 Å². The van der Waals surface area contributed by atoms with E-state index in [1.807, 2.05) is 4.68 Å². The molecule has 1 aromatic carbocycles. The average Bonchev–Trinajstić information content (AvgIpc) is 3.05. The molecule has 146 valence electrons. The summed E-state index contributed by atoms with van der Waals surface area (Å²) < 4.78 is 6.81. The zero-order valence-corrected chi connectivity index (χ0v) is 16.0. The molecule has 0 spiro atoms. The first kappa shape index (κ1) is 20.7. The third kappa shape index (κ3) is 5.97. The number of fused-ring (bicyclic) bond motifs is 1. The van der Waals surface area contributed by atoms with Crippen molar-refractivity contribution in [1.82, 2.24) is 15.1 Å². The van der Waals surface area contributed by atoms with Gasteiger partial charge in [0.1, 0.15) is 0 Å². The largest absolute Gasteiger partial charge is 0.450 e. The number of amides is 2. The Morgan fingerprint density at radius 2 is 1.93 bits per heavy atom. The minimum Gasteiger partial charge on any atom is -0.450 e. The molecule has 0 atom stereocenters. The number of halogens is 1. The molecule has 0 radical (unpaired) electrons. The molecule has 27 heavy (non-hydrogen) atoms. The monoisotopic (exact) mass is 393 g/mol. The van der Waals surface area contributed by atoms with Crippen molar-refractivity contribution in [1.29, 1.82) is 0 Å². The number of aryl methyl sites for hydroxylation is 1. The van der Waals surface area contributed by atoms with Crippen molar-refractivity contribution in [3.8, 4) is 0 Å². The van der Waals surface area contributed by atoms with E-state index in [4.69, 9.17) is 4.74 Å². The summed E-state index contributed by atoms with van der Waals surface area (Å²) in [5, 5.41) is 13.3. The Kier molecular flexibility index (Phi) is 7.63. The molecule has 0 unspecified atom stereocenters. The zero-order chi connectivity index (χ0) is 18.4. The van der Waals surface area contributed by atoms with Crippen LogP contribution in [0.4, 0.5) is 16.2 Å². The quantitative estimate of drug-likeness (QED) is 0.700. The molecular formula is C18H24ClN5O3. The minimum absolute atomic E-state index is 0. The maximum Gasteiger partial charge on any atom is 0.411 e. The summed E-state index contributed by atoms with van der Waals surface area (Å²) in [6, 6.07) is 8.95. The number of rotatable bonds is 6. The van der Waals surface area contributed by atoms with Gasteiger partial charge >= 0.3 is 6.09 Å². The second-order valence-electron chi connectivity index (χ2n) is 6.00.